The van der Waals surface area contributed by atoms with Gasteiger partial charge in [-0.05, 0) is 74.9 Å². The third-order valence-electron chi connectivity index (χ3n) is 5.33. The molecule has 0 bridgehead atoms. The van der Waals surface area contributed by atoms with Gasteiger partial charge >= 0.3 is 0 Å². The zero-order valence-electron chi connectivity index (χ0n) is 17.2. The highest BCUT2D eigenvalue weighted by Gasteiger charge is 2.27. The standard InChI is InChI=1S/C23H30FN3O2/c1-27(2)14-13-26-23(28)18-5-9-21(10-6-18)29-16-19-15-25-12-11-22(19)17-3-7-20(24)8-4-17/h3-10,19,22,25H,11-16H2,1-2H3,(H,26,28)/t19-,22-/m0/s1. The Morgan fingerprint density at radius 3 is 2.59 bits per heavy atom. The summed E-state index contributed by atoms with van der Waals surface area (Å²) in [6.45, 7) is 3.81. The van der Waals surface area contributed by atoms with Crippen molar-refractivity contribution < 1.29 is 13.9 Å². The minimum absolute atomic E-state index is 0.0775. The number of carbonyl (C=O) groups is 1. The highest BCUT2D eigenvalue weighted by molar-refractivity contribution is 5.94. The number of ether oxygens (including phenoxy) is 1. The molecule has 0 unspecified atom stereocenters. The normalized spacial score (nSPS) is 19.2. The lowest BCUT2D eigenvalue weighted by molar-refractivity contribution is 0.0951. The van der Waals surface area contributed by atoms with Crippen LogP contribution in [0.1, 0.15) is 28.3 Å². The van der Waals surface area contributed by atoms with E-state index in [9.17, 15) is 9.18 Å². The van der Waals surface area contributed by atoms with Gasteiger partial charge in [0.1, 0.15) is 11.6 Å². The molecular weight excluding hydrogens is 369 g/mol. The van der Waals surface area contributed by atoms with E-state index in [1.165, 1.54) is 12.1 Å². The Morgan fingerprint density at radius 2 is 1.90 bits per heavy atom. The highest BCUT2D eigenvalue weighted by atomic mass is 19.1. The van der Waals surface area contributed by atoms with Crippen LogP contribution in [0.3, 0.4) is 0 Å². The first-order valence-electron chi connectivity index (χ1n) is 10.1. The summed E-state index contributed by atoms with van der Waals surface area (Å²) in [5, 5.41) is 6.33. The zero-order valence-corrected chi connectivity index (χ0v) is 17.2. The van der Waals surface area contributed by atoms with Crippen molar-refractivity contribution in [1.82, 2.24) is 15.5 Å². The van der Waals surface area contributed by atoms with E-state index in [1.54, 1.807) is 12.1 Å². The summed E-state index contributed by atoms with van der Waals surface area (Å²) in [4.78, 5) is 14.2. The fraction of sp³-hybridized carbons (Fsp3) is 0.435. The molecule has 2 atom stereocenters. The third-order valence-corrected chi connectivity index (χ3v) is 5.33. The quantitative estimate of drug-likeness (QED) is 0.717. The van der Waals surface area contributed by atoms with E-state index in [1.807, 2.05) is 43.3 Å². The maximum absolute atomic E-state index is 13.2. The summed E-state index contributed by atoms with van der Waals surface area (Å²) in [6.07, 6.45) is 1.01. The molecule has 3 rings (SSSR count). The number of carbonyl (C=O) groups excluding carboxylic acids is 1. The molecule has 0 radical (unpaired) electrons. The van der Waals surface area contributed by atoms with Crippen molar-refractivity contribution in [3.05, 3.63) is 65.5 Å². The van der Waals surface area contributed by atoms with Crippen molar-refractivity contribution in [1.29, 1.82) is 0 Å². The van der Waals surface area contributed by atoms with E-state index in [4.69, 9.17) is 4.74 Å². The molecule has 0 aliphatic carbocycles. The molecule has 156 valence electrons. The summed E-state index contributed by atoms with van der Waals surface area (Å²) in [5.41, 5.74) is 1.78. The number of nitrogens with one attached hydrogen (secondary N) is 2. The fourth-order valence-electron chi connectivity index (χ4n) is 3.65. The number of halogens is 1. The first kappa shape index (κ1) is 21.3. The molecule has 2 aromatic carbocycles. The molecule has 1 fully saturated rings. The molecule has 1 amide bonds. The Labute approximate surface area is 172 Å². The molecule has 1 aliphatic rings. The zero-order chi connectivity index (χ0) is 20.6. The predicted octanol–water partition coefficient (Wildman–Crippen LogP) is 2.89. The Hall–Kier alpha value is -2.44. The van der Waals surface area contributed by atoms with Crippen LogP contribution < -0.4 is 15.4 Å². The SMILES string of the molecule is CN(C)CCNC(=O)c1ccc(OC[C@@H]2CNCC[C@H]2c2ccc(F)cc2)cc1. The van der Waals surface area contributed by atoms with Crippen molar-refractivity contribution in [3.8, 4) is 5.75 Å². The predicted molar refractivity (Wildman–Crippen MR) is 113 cm³/mol. The number of benzene rings is 2. The number of rotatable bonds is 8. The number of amides is 1. The largest absolute Gasteiger partial charge is 0.493 e. The second kappa shape index (κ2) is 10.4. The van der Waals surface area contributed by atoms with Gasteiger partial charge in [0.15, 0.2) is 0 Å². The number of hydrogen-bond acceptors (Lipinski definition) is 4. The van der Waals surface area contributed by atoms with Gasteiger partial charge in [-0.2, -0.15) is 0 Å². The van der Waals surface area contributed by atoms with Crippen LogP contribution in [0.5, 0.6) is 5.75 Å². The van der Waals surface area contributed by atoms with Gasteiger partial charge in [0.05, 0.1) is 6.61 Å². The fourth-order valence-corrected chi connectivity index (χ4v) is 3.65. The van der Waals surface area contributed by atoms with Crippen LogP contribution in [0.25, 0.3) is 0 Å². The van der Waals surface area contributed by atoms with Crippen LogP contribution >= 0.6 is 0 Å². The second-order valence-corrected chi connectivity index (χ2v) is 7.81. The van der Waals surface area contributed by atoms with Crippen LogP contribution in [0, 0.1) is 11.7 Å². The maximum Gasteiger partial charge on any atom is 0.251 e. The van der Waals surface area contributed by atoms with Crippen molar-refractivity contribution in [2.24, 2.45) is 5.92 Å². The molecule has 1 saturated heterocycles. The van der Waals surface area contributed by atoms with Crippen LogP contribution in [0.4, 0.5) is 4.39 Å². The number of hydrogen-bond donors (Lipinski definition) is 2. The van der Waals surface area contributed by atoms with Gasteiger partial charge in [-0.1, -0.05) is 12.1 Å². The molecular formula is C23H30FN3O2. The van der Waals surface area contributed by atoms with E-state index in [0.29, 0.717) is 30.6 Å². The van der Waals surface area contributed by atoms with Crippen molar-refractivity contribution in [3.63, 3.8) is 0 Å². The van der Waals surface area contributed by atoms with Crippen molar-refractivity contribution in [2.45, 2.75) is 12.3 Å². The second-order valence-electron chi connectivity index (χ2n) is 7.81. The Bertz CT molecular complexity index is 778. The molecule has 0 aromatic heterocycles. The topological polar surface area (TPSA) is 53.6 Å². The molecule has 6 heteroatoms. The van der Waals surface area contributed by atoms with E-state index < -0.39 is 0 Å². The monoisotopic (exact) mass is 399 g/mol. The third kappa shape index (κ3) is 6.27. The van der Waals surface area contributed by atoms with Gasteiger partial charge < -0.3 is 20.3 Å². The van der Waals surface area contributed by atoms with E-state index in [-0.39, 0.29) is 11.7 Å². The average Bonchev–Trinajstić information content (AvgIpc) is 2.73. The van der Waals surface area contributed by atoms with Gasteiger partial charge in [-0.3, -0.25) is 4.79 Å². The van der Waals surface area contributed by atoms with Crippen LogP contribution in [0.15, 0.2) is 48.5 Å². The molecule has 1 heterocycles. The number of piperidine rings is 1. The summed E-state index contributed by atoms with van der Waals surface area (Å²) in [5.74, 6) is 1.12. The van der Waals surface area contributed by atoms with Crippen LogP contribution in [0.2, 0.25) is 0 Å². The van der Waals surface area contributed by atoms with Gasteiger partial charge in [0, 0.05) is 31.1 Å². The van der Waals surface area contributed by atoms with E-state index >= 15 is 0 Å². The Kier molecular flexibility index (Phi) is 7.61. The molecule has 0 spiro atoms. The first-order chi connectivity index (χ1) is 14.0. The van der Waals surface area contributed by atoms with Crippen LogP contribution in [-0.4, -0.2) is 57.7 Å². The highest BCUT2D eigenvalue weighted by Crippen LogP contribution is 2.31. The first-order valence-corrected chi connectivity index (χ1v) is 10.1. The van der Waals surface area contributed by atoms with Gasteiger partial charge in [0.25, 0.3) is 5.91 Å². The van der Waals surface area contributed by atoms with Crippen molar-refractivity contribution in [2.75, 3.05) is 46.9 Å². The molecule has 2 aromatic rings. The maximum atomic E-state index is 13.2. The minimum atomic E-state index is -0.207. The van der Waals surface area contributed by atoms with Crippen LogP contribution in [-0.2, 0) is 0 Å². The lowest BCUT2D eigenvalue weighted by Gasteiger charge is -2.32. The van der Waals surface area contributed by atoms with Gasteiger partial charge in [0.2, 0.25) is 0 Å². The van der Waals surface area contributed by atoms with E-state index in [2.05, 4.69) is 10.6 Å². The summed E-state index contributed by atoms with van der Waals surface area (Å²) < 4.78 is 19.3. The summed E-state index contributed by atoms with van der Waals surface area (Å²) in [6, 6.07) is 14.1. The smallest absolute Gasteiger partial charge is 0.251 e. The van der Waals surface area contributed by atoms with E-state index in [0.717, 1.165) is 37.4 Å². The number of likely N-dealkylation sites (N-methyl/N-ethyl adjacent to an activating group) is 1. The lowest BCUT2D eigenvalue weighted by atomic mass is 9.81. The Balaban J connectivity index is 1.54. The molecule has 29 heavy (non-hydrogen) atoms. The summed E-state index contributed by atoms with van der Waals surface area (Å²) >= 11 is 0. The molecule has 1 aliphatic heterocycles. The lowest BCUT2D eigenvalue weighted by Crippen LogP contribution is -2.38. The average molecular weight is 400 g/mol. The number of nitrogens with zero attached hydrogens (tertiary/aromatic N) is 1. The molecule has 5 nitrogen and oxygen atoms in total. The van der Waals surface area contributed by atoms with Crippen molar-refractivity contribution >= 4 is 5.91 Å². The molecule has 0 saturated carbocycles. The Morgan fingerprint density at radius 1 is 1.17 bits per heavy atom. The van der Waals surface area contributed by atoms with Gasteiger partial charge in [-0.15, -0.1) is 0 Å². The minimum Gasteiger partial charge on any atom is -0.493 e. The summed E-state index contributed by atoms with van der Waals surface area (Å²) in [7, 11) is 3.95. The molecule has 2 N–H and O–H groups in total. The van der Waals surface area contributed by atoms with Gasteiger partial charge in [-0.25, -0.2) is 4.39 Å².